The number of rotatable bonds is 9. The number of hydrogen-bond acceptors (Lipinski definition) is 7. The highest BCUT2D eigenvalue weighted by atomic mass is 16.5. The number of pyridine rings is 1. The van der Waals surface area contributed by atoms with Crippen LogP contribution in [0.1, 0.15) is 30.5 Å². The van der Waals surface area contributed by atoms with Crippen molar-refractivity contribution in [2.45, 2.75) is 19.4 Å². The SMILES string of the molecule is CCOc1ccc(C2C(=C(O)c3ccncc3)C(=O)C(=O)N2CCCN(C)C)cc1OC. The number of amides is 1. The van der Waals surface area contributed by atoms with Crippen molar-refractivity contribution in [3.05, 3.63) is 59.4 Å². The molecule has 8 heteroatoms. The predicted molar refractivity (Wildman–Crippen MR) is 121 cm³/mol. The summed E-state index contributed by atoms with van der Waals surface area (Å²) in [6.45, 7) is 3.48. The Morgan fingerprint density at radius 2 is 1.88 bits per heavy atom. The van der Waals surface area contributed by atoms with Gasteiger partial charge in [-0.05, 0) is 63.8 Å². The molecule has 0 radical (unpaired) electrons. The van der Waals surface area contributed by atoms with Crippen molar-refractivity contribution in [1.29, 1.82) is 0 Å². The molecule has 1 unspecified atom stereocenters. The highest BCUT2D eigenvalue weighted by Gasteiger charge is 2.46. The van der Waals surface area contributed by atoms with Crippen molar-refractivity contribution in [3.63, 3.8) is 0 Å². The molecule has 170 valence electrons. The van der Waals surface area contributed by atoms with E-state index in [9.17, 15) is 14.7 Å². The molecule has 32 heavy (non-hydrogen) atoms. The summed E-state index contributed by atoms with van der Waals surface area (Å²) in [5.41, 5.74) is 1.14. The molecule has 2 heterocycles. The number of carbonyl (C=O) groups is 2. The zero-order valence-corrected chi connectivity index (χ0v) is 18.9. The van der Waals surface area contributed by atoms with Gasteiger partial charge in [0, 0.05) is 24.5 Å². The summed E-state index contributed by atoms with van der Waals surface area (Å²) in [5.74, 6) is -0.498. The molecule has 8 nitrogen and oxygen atoms in total. The number of ketones is 1. The van der Waals surface area contributed by atoms with E-state index in [1.807, 2.05) is 25.9 Å². The second-order valence-corrected chi connectivity index (χ2v) is 7.73. The summed E-state index contributed by atoms with van der Waals surface area (Å²) in [5, 5.41) is 11.0. The van der Waals surface area contributed by atoms with Gasteiger partial charge in [-0.25, -0.2) is 0 Å². The van der Waals surface area contributed by atoms with Gasteiger partial charge in [0.2, 0.25) is 0 Å². The van der Waals surface area contributed by atoms with E-state index in [4.69, 9.17) is 9.47 Å². The van der Waals surface area contributed by atoms with Crippen molar-refractivity contribution in [2.75, 3.05) is 40.9 Å². The first-order valence-electron chi connectivity index (χ1n) is 10.5. The Hall–Kier alpha value is -3.39. The zero-order chi connectivity index (χ0) is 23.3. The third-order valence-electron chi connectivity index (χ3n) is 5.30. The fourth-order valence-electron chi connectivity index (χ4n) is 3.81. The zero-order valence-electron chi connectivity index (χ0n) is 18.9. The lowest BCUT2D eigenvalue weighted by Gasteiger charge is -2.26. The molecule has 1 atom stereocenters. The lowest BCUT2D eigenvalue weighted by atomic mass is 9.95. The Morgan fingerprint density at radius 3 is 2.50 bits per heavy atom. The fourth-order valence-corrected chi connectivity index (χ4v) is 3.81. The van der Waals surface area contributed by atoms with Crippen LogP contribution in [0.4, 0.5) is 0 Å². The third-order valence-corrected chi connectivity index (χ3v) is 5.30. The Bertz CT molecular complexity index is 1000. The van der Waals surface area contributed by atoms with E-state index in [1.165, 1.54) is 24.4 Å². The predicted octanol–water partition coefficient (Wildman–Crippen LogP) is 2.86. The number of ether oxygens (including phenoxy) is 2. The second-order valence-electron chi connectivity index (χ2n) is 7.73. The summed E-state index contributed by atoms with van der Waals surface area (Å²) in [6, 6.07) is 7.76. The molecular weight excluding hydrogens is 410 g/mol. The van der Waals surface area contributed by atoms with Crippen molar-refractivity contribution in [3.8, 4) is 11.5 Å². The van der Waals surface area contributed by atoms with Gasteiger partial charge < -0.3 is 24.4 Å². The average molecular weight is 440 g/mol. The number of Topliss-reactive ketones (excluding diaryl/α,β-unsaturated/α-hetero) is 1. The van der Waals surface area contributed by atoms with Crippen LogP contribution < -0.4 is 9.47 Å². The maximum atomic E-state index is 13.0. The summed E-state index contributed by atoms with van der Waals surface area (Å²) in [7, 11) is 5.44. The highest BCUT2D eigenvalue weighted by Crippen LogP contribution is 2.42. The first-order chi connectivity index (χ1) is 15.4. The number of likely N-dealkylation sites (tertiary alicyclic amines) is 1. The van der Waals surface area contributed by atoms with Gasteiger partial charge in [-0.15, -0.1) is 0 Å². The van der Waals surface area contributed by atoms with Gasteiger partial charge in [-0.3, -0.25) is 14.6 Å². The number of aliphatic hydroxyl groups is 1. The van der Waals surface area contributed by atoms with Gasteiger partial charge in [0.25, 0.3) is 11.7 Å². The van der Waals surface area contributed by atoms with E-state index in [2.05, 4.69) is 4.98 Å². The first-order valence-corrected chi connectivity index (χ1v) is 10.5. The minimum Gasteiger partial charge on any atom is -0.507 e. The molecule has 0 aliphatic carbocycles. The molecule has 1 fully saturated rings. The summed E-state index contributed by atoms with van der Waals surface area (Å²) >= 11 is 0. The molecule has 1 aromatic carbocycles. The summed E-state index contributed by atoms with van der Waals surface area (Å²) in [4.78, 5) is 33.5. The molecule has 3 rings (SSSR count). The lowest BCUT2D eigenvalue weighted by Crippen LogP contribution is -2.32. The molecule has 0 saturated carbocycles. The molecule has 1 aromatic heterocycles. The Kier molecular flexibility index (Phi) is 7.48. The smallest absolute Gasteiger partial charge is 0.295 e. The van der Waals surface area contributed by atoms with Crippen LogP contribution in [0.2, 0.25) is 0 Å². The van der Waals surface area contributed by atoms with Crippen LogP contribution >= 0.6 is 0 Å². The molecule has 1 aliphatic rings. The van der Waals surface area contributed by atoms with Gasteiger partial charge in [-0.1, -0.05) is 6.07 Å². The van der Waals surface area contributed by atoms with Crippen molar-refractivity contribution < 1.29 is 24.2 Å². The van der Waals surface area contributed by atoms with Crippen LogP contribution in [0.5, 0.6) is 11.5 Å². The standard InChI is InChI=1S/C24H29N3O5/c1-5-32-18-8-7-17(15-19(18)31-4)21-20(22(28)16-9-11-25-12-10-16)23(29)24(30)27(21)14-6-13-26(2)3/h7-12,15,21,28H,5-6,13-14H2,1-4H3. The van der Waals surface area contributed by atoms with Gasteiger partial charge in [-0.2, -0.15) is 0 Å². The summed E-state index contributed by atoms with van der Waals surface area (Å²) in [6.07, 6.45) is 3.73. The topological polar surface area (TPSA) is 92.2 Å². The van der Waals surface area contributed by atoms with E-state index < -0.39 is 17.7 Å². The lowest BCUT2D eigenvalue weighted by molar-refractivity contribution is -0.139. The van der Waals surface area contributed by atoms with Crippen LogP contribution in [-0.2, 0) is 9.59 Å². The van der Waals surface area contributed by atoms with E-state index >= 15 is 0 Å². The molecule has 1 amide bonds. The van der Waals surface area contributed by atoms with Gasteiger partial charge in [0.15, 0.2) is 11.5 Å². The van der Waals surface area contributed by atoms with Crippen LogP contribution in [0.25, 0.3) is 5.76 Å². The van der Waals surface area contributed by atoms with E-state index in [0.29, 0.717) is 42.2 Å². The molecule has 0 spiro atoms. The average Bonchev–Trinajstić information content (AvgIpc) is 3.04. The number of aromatic nitrogens is 1. The maximum Gasteiger partial charge on any atom is 0.295 e. The fraction of sp³-hybridized carbons (Fsp3) is 0.375. The maximum absolute atomic E-state index is 13.0. The number of nitrogens with zero attached hydrogens (tertiary/aromatic N) is 3. The van der Waals surface area contributed by atoms with E-state index in [-0.39, 0.29) is 11.3 Å². The minimum atomic E-state index is -0.741. The van der Waals surface area contributed by atoms with Gasteiger partial charge in [0.05, 0.1) is 25.3 Å². The van der Waals surface area contributed by atoms with E-state index in [1.54, 1.807) is 30.3 Å². The number of hydrogen-bond donors (Lipinski definition) is 1. The normalized spacial score (nSPS) is 17.8. The Morgan fingerprint density at radius 1 is 1.16 bits per heavy atom. The van der Waals surface area contributed by atoms with Crippen molar-refractivity contribution >= 4 is 17.4 Å². The van der Waals surface area contributed by atoms with Gasteiger partial charge >= 0.3 is 0 Å². The molecule has 2 aromatic rings. The molecule has 1 saturated heterocycles. The number of carbonyl (C=O) groups excluding carboxylic acids is 2. The van der Waals surface area contributed by atoms with Crippen LogP contribution in [0.3, 0.4) is 0 Å². The van der Waals surface area contributed by atoms with Crippen molar-refractivity contribution in [1.82, 2.24) is 14.8 Å². The Labute approximate surface area is 188 Å². The van der Waals surface area contributed by atoms with Crippen LogP contribution in [-0.4, -0.2) is 72.5 Å². The quantitative estimate of drug-likeness (QED) is 0.365. The number of methoxy groups -OCH3 is 1. The molecule has 1 aliphatic heterocycles. The number of aliphatic hydroxyl groups excluding tert-OH is 1. The van der Waals surface area contributed by atoms with E-state index in [0.717, 1.165) is 6.54 Å². The first kappa shape index (κ1) is 23.3. The Balaban J connectivity index is 2.12. The number of benzene rings is 1. The summed E-state index contributed by atoms with van der Waals surface area (Å²) < 4.78 is 11.1. The highest BCUT2D eigenvalue weighted by molar-refractivity contribution is 6.46. The minimum absolute atomic E-state index is 0.0530. The molecule has 0 bridgehead atoms. The second kappa shape index (κ2) is 10.3. The van der Waals surface area contributed by atoms with Crippen LogP contribution in [0, 0.1) is 0 Å². The molecular formula is C24H29N3O5. The van der Waals surface area contributed by atoms with Crippen LogP contribution in [0.15, 0.2) is 48.3 Å². The largest absolute Gasteiger partial charge is 0.507 e. The molecule has 1 N–H and O–H groups in total. The van der Waals surface area contributed by atoms with Crippen molar-refractivity contribution in [2.24, 2.45) is 0 Å². The van der Waals surface area contributed by atoms with Gasteiger partial charge in [0.1, 0.15) is 5.76 Å². The monoisotopic (exact) mass is 439 g/mol. The third kappa shape index (κ3) is 4.75.